The number of thioether (sulfide) groups is 1. The van der Waals surface area contributed by atoms with E-state index in [1.165, 1.54) is 16.0 Å². The molecule has 0 amide bonds. The molecule has 0 saturated heterocycles. The number of hydrogen-bond acceptors (Lipinski definition) is 6. The molecule has 1 aliphatic carbocycles. The average molecular weight is 452 g/mol. The van der Waals surface area contributed by atoms with Crippen LogP contribution in [0.1, 0.15) is 53.2 Å². The molecule has 3 aromatic heterocycles. The van der Waals surface area contributed by atoms with Crippen molar-refractivity contribution in [3.05, 3.63) is 68.3 Å². The lowest BCUT2D eigenvalue weighted by Crippen LogP contribution is -2.15. The second kappa shape index (κ2) is 8.24. The van der Waals surface area contributed by atoms with E-state index in [0.29, 0.717) is 11.7 Å². The summed E-state index contributed by atoms with van der Waals surface area (Å²) < 4.78 is 2.02. The van der Waals surface area contributed by atoms with Crippen molar-refractivity contribution in [2.24, 2.45) is 13.0 Å². The molecule has 3 heterocycles. The summed E-state index contributed by atoms with van der Waals surface area (Å²) >= 11 is 3.26. The minimum absolute atomic E-state index is 0.0118. The van der Waals surface area contributed by atoms with E-state index in [1.54, 1.807) is 23.1 Å². The molecule has 2 unspecified atom stereocenters. The van der Waals surface area contributed by atoms with Gasteiger partial charge in [-0.25, -0.2) is 4.98 Å². The van der Waals surface area contributed by atoms with E-state index < -0.39 is 0 Å². The van der Waals surface area contributed by atoms with Gasteiger partial charge < -0.3 is 9.55 Å². The third-order valence-electron chi connectivity index (χ3n) is 5.98. The van der Waals surface area contributed by atoms with Crippen LogP contribution >= 0.6 is 23.1 Å². The van der Waals surface area contributed by atoms with Gasteiger partial charge in [-0.2, -0.15) is 0 Å². The number of H-pyrrole nitrogens is 1. The Morgan fingerprint density at radius 3 is 2.90 bits per heavy atom. The van der Waals surface area contributed by atoms with Crippen LogP contribution in [0.25, 0.3) is 10.2 Å². The average Bonchev–Trinajstić information content (AvgIpc) is 3.29. The lowest BCUT2D eigenvalue weighted by molar-refractivity contribution is 0.509. The summed E-state index contributed by atoms with van der Waals surface area (Å²) in [6.07, 6.45) is 3.91. The van der Waals surface area contributed by atoms with Crippen LogP contribution in [0.4, 0.5) is 0 Å². The van der Waals surface area contributed by atoms with Gasteiger partial charge in [-0.1, -0.05) is 49.0 Å². The number of benzene rings is 1. The standard InChI is InChI=1S/C23H25N5OS2/c1-13-9-10-16-17(11-13)31-22-19(16)21(29)24-20(25-22)14(2)30-23-27-26-18(28(23)3)12-15-7-5-4-6-8-15/h4-8,13-14H,9-12H2,1-3H3,(H,24,25,29). The first-order valence-corrected chi connectivity index (χ1v) is 12.3. The molecule has 0 bridgehead atoms. The SMILES string of the molecule is CC1CCc2c(sc3nc(C(C)Sc4nnc(Cc5ccccc5)n4C)[nH]c(=O)c23)C1. The summed E-state index contributed by atoms with van der Waals surface area (Å²) in [6, 6.07) is 10.3. The van der Waals surface area contributed by atoms with Crippen molar-refractivity contribution in [3.63, 3.8) is 0 Å². The Balaban J connectivity index is 1.40. The molecule has 1 aliphatic rings. The number of nitrogens with zero attached hydrogens (tertiary/aromatic N) is 4. The molecule has 1 N–H and O–H groups in total. The van der Waals surface area contributed by atoms with E-state index in [-0.39, 0.29) is 10.8 Å². The quantitative estimate of drug-likeness (QED) is 0.446. The number of fused-ring (bicyclic) bond motifs is 3. The first-order chi connectivity index (χ1) is 15.0. The fourth-order valence-electron chi connectivity index (χ4n) is 4.15. The lowest BCUT2D eigenvalue weighted by atomic mass is 9.89. The topological polar surface area (TPSA) is 76.5 Å². The Labute approximate surface area is 189 Å². The second-order valence-corrected chi connectivity index (χ2v) is 10.8. The number of nitrogens with one attached hydrogen (secondary N) is 1. The van der Waals surface area contributed by atoms with Gasteiger partial charge in [0.15, 0.2) is 5.16 Å². The number of hydrogen-bond donors (Lipinski definition) is 1. The Hall–Kier alpha value is -2.45. The van der Waals surface area contributed by atoms with E-state index >= 15 is 0 Å². The summed E-state index contributed by atoms with van der Waals surface area (Å²) in [5.74, 6) is 2.29. The Bertz CT molecular complexity index is 1290. The van der Waals surface area contributed by atoms with Gasteiger partial charge in [0, 0.05) is 18.3 Å². The number of rotatable bonds is 5. The highest BCUT2D eigenvalue weighted by Crippen LogP contribution is 2.37. The van der Waals surface area contributed by atoms with Crippen LogP contribution in [0, 0.1) is 5.92 Å². The van der Waals surface area contributed by atoms with Crippen LogP contribution in [0.3, 0.4) is 0 Å². The highest BCUT2D eigenvalue weighted by molar-refractivity contribution is 7.99. The molecule has 2 atom stereocenters. The van der Waals surface area contributed by atoms with Crippen molar-refractivity contribution >= 4 is 33.3 Å². The molecule has 0 fully saturated rings. The van der Waals surface area contributed by atoms with Crippen molar-refractivity contribution in [2.75, 3.05) is 0 Å². The molecule has 0 saturated carbocycles. The molecule has 1 aromatic carbocycles. The van der Waals surface area contributed by atoms with Gasteiger partial charge in [-0.15, -0.1) is 21.5 Å². The van der Waals surface area contributed by atoms with Gasteiger partial charge in [0.05, 0.1) is 10.6 Å². The maximum Gasteiger partial charge on any atom is 0.259 e. The zero-order valence-corrected chi connectivity index (χ0v) is 19.5. The molecule has 0 aliphatic heterocycles. The Kier molecular flexibility index (Phi) is 5.44. The van der Waals surface area contributed by atoms with Gasteiger partial charge in [0.1, 0.15) is 16.5 Å². The predicted octanol–water partition coefficient (Wildman–Crippen LogP) is 4.68. The molecule has 160 valence electrons. The van der Waals surface area contributed by atoms with Crippen LogP contribution in [0.5, 0.6) is 0 Å². The number of aromatic amines is 1. The first kappa shape index (κ1) is 20.5. The third-order valence-corrected chi connectivity index (χ3v) is 8.27. The molecule has 6 nitrogen and oxygen atoms in total. The maximum atomic E-state index is 12.9. The third kappa shape index (κ3) is 3.94. The largest absolute Gasteiger partial charge is 0.309 e. The van der Waals surface area contributed by atoms with E-state index in [0.717, 1.165) is 46.9 Å². The molecule has 31 heavy (non-hydrogen) atoms. The number of thiophene rings is 1. The van der Waals surface area contributed by atoms with Crippen molar-refractivity contribution in [2.45, 2.75) is 49.9 Å². The van der Waals surface area contributed by atoms with Gasteiger partial charge in [-0.3, -0.25) is 4.79 Å². The smallest absolute Gasteiger partial charge is 0.259 e. The normalized spacial score (nSPS) is 17.1. The summed E-state index contributed by atoms with van der Waals surface area (Å²) in [7, 11) is 1.99. The van der Waals surface area contributed by atoms with Crippen molar-refractivity contribution in [3.8, 4) is 0 Å². The van der Waals surface area contributed by atoms with Gasteiger partial charge in [0.2, 0.25) is 0 Å². The fourth-order valence-corrected chi connectivity index (χ4v) is 6.43. The van der Waals surface area contributed by atoms with Gasteiger partial charge in [-0.05, 0) is 43.2 Å². The molecular weight excluding hydrogens is 426 g/mol. The van der Waals surface area contributed by atoms with Crippen LogP contribution in [-0.4, -0.2) is 24.7 Å². The summed E-state index contributed by atoms with van der Waals surface area (Å²) in [5.41, 5.74) is 2.41. The van der Waals surface area contributed by atoms with Gasteiger partial charge >= 0.3 is 0 Å². The Morgan fingerprint density at radius 2 is 2.10 bits per heavy atom. The molecule has 0 radical (unpaired) electrons. The molecule has 4 aromatic rings. The van der Waals surface area contributed by atoms with Gasteiger partial charge in [0.25, 0.3) is 5.56 Å². The second-order valence-electron chi connectivity index (χ2n) is 8.36. The van der Waals surface area contributed by atoms with Crippen LogP contribution in [0.15, 0.2) is 40.3 Å². The highest BCUT2D eigenvalue weighted by atomic mass is 32.2. The van der Waals surface area contributed by atoms with E-state index in [1.807, 2.05) is 29.8 Å². The van der Waals surface area contributed by atoms with Crippen LogP contribution < -0.4 is 5.56 Å². The van der Waals surface area contributed by atoms with Crippen molar-refractivity contribution in [1.29, 1.82) is 0 Å². The van der Waals surface area contributed by atoms with E-state index in [9.17, 15) is 4.79 Å². The first-order valence-electron chi connectivity index (χ1n) is 10.6. The zero-order valence-electron chi connectivity index (χ0n) is 17.9. The van der Waals surface area contributed by atoms with E-state index in [4.69, 9.17) is 4.98 Å². The Morgan fingerprint density at radius 1 is 1.29 bits per heavy atom. The predicted molar refractivity (Wildman–Crippen MR) is 126 cm³/mol. The lowest BCUT2D eigenvalue weighted by Gasteiger charge is -2.17. The summed E-state index contributed by atoms with van der Waals surface area (Å²) in [5, 5.41) is 10.3. The zero-order chi connectivity index (χ0) is 21.5. The number of aryl methyl sites for hydroxylation is 1. The number of aromatic nitrogens is 5. The molecule has 5 rings (SSSR count). The van der Waals surface area contributed by atoms with Crippen molar-refractivity contribution in [1.82, 2.24) is 24.7 Å². The van der Waals surface area contributed by atoms with Crippen molar-refractivity contribution < 1.29 is 0 Å². The fraction of sp³-hybridized carbons (Fsp3) is 0.391. The maximum absolute atomic E-state index is 12.9. The highest BCUT2D eigenvalue weighted by Gasteiger charge is 2.24. The molecule has 8 heteroatoms. The summed E-state index contributed by atoms with van der Waals surface area (Å²) in [4.78, 5) is 23.0. The molecule has 0 spiro atoms. The monoisotopic (exact) mass is 451 g/mol. The minimum Gasteiger partial charge on any atom is -0.309 e. The summed E-state index contributed by atoms with van der Waals surface area (Å²) in [6.45, 7) is 4.33. The minimum atomic E-state index is -0.0392. The van der Waals surface area contributed by atoms with E-state index in [2.05, 4.69) is 41.2 Å². The van der Waals surface area contributed by atoms with Crippen LogP contribution in [-0.2, 0) is 26.3 Å². The van der Waals surface area contributed by atoms with Crippen LogP contribution in [0.2, 0.25) is 0 Å². The molecular formula is C23H25N5OS2.